The monoisotopic (exact) mass is 615 g/mol. The Morgan fingerprint density at radius 3 is 2.36 bits per heavy atom. The molecule has 0 radical (unpaired) electrons. The maximum Gasteiger partial charge on any atom is 0.243 e. The first-order chi connectivity index (χ1) is 18.5. The van der Waals surface area contributed by atoms with Gasteiger partial charge in [0.05, 0.1) is 17.0 Å². The molecular weight excluding hydrogens is 581 g/mol. The summed E-state index contributed by atoms with van der Waals surface area (Å²) >= 11 is 18.8. The van der Waals surface area contributed by atoms with Gasteiger partial charge in [0.25, 0.3) is 0 Å². The van der Waals surface area contributed by atoms with Crippen LogP contribution in [0.1, 0.15) is 63.9 Å². The number of halogens is 3. The van der Waals surface area contributed by atoms with E-state index in [2.05, 4.69) is 5.32 Å². The average molecular weight is 617 g/mol. The number of amides is 2. The molecule has 39 heavy (non-hydrogen) atoms. The van der Waals surface area contributed by atoms with Crippen LogP contribution in [-0.2, 0) is 26.2 Å². The molecule has 0 saturated heterocycles. The Balaban J connectivity index is 1.79. The van der Waals surface area contributed by atoms with Gasteiger partial charge >= 0.3 is 0 Å². The first-order valence-electron chi connectivity index (χ1n) is 13.3. The van der Waals surface area contributed by atoms with Crippen molar-refractivity contribution < 1.29 is 18.0 Å². The van der Waals surface area contributed by atoms with E-state index in [-0.39, 0.29) is 54.5 Å². The van der Waals surface area contributed by atoms with E-state index in [9.17, 15) is 18.0 Å². The van der Waals surface area contributed by atoms with Gasteiger partial charge in [0.2, 0.25) is 21.8 Å². The molecule has 0 aliphatic heterocycles. The summed E-state index contributed by atoms with van der Waals surface area (Å²) in [5.41, 5.74) is 0.991. The molecule has 0 unspecified atom stereocenters. The minimum atomic E-state index is -3.70. The fourth-order valence-electron chi connectivity index (χ4n) is 4.93. The Labute approximate surface area is 246 Å². The highest BCUT2D eigenvalue weighted by Crippen LogP contribution is 2.31. The van der Waals surface area contributed by atoms with Crippen LogP contribution in [0.2, 0.25) is 15.1 Å². The predicted octanol–water partition coefficient (Wildman–Crippen LogP) is 6.45. The number of hydrogen-bond acceptors (Lipinski definition) is 4. The van der Waals surface area contributed by atoms with Crippen molar-refractivity contribution >= 4 is 62.3 Å². The van der Waals surface area contributed by atoms with Crippen molar-refractivity contribution in [2.75, 3.05) is 17.1 Å². The van der Waals surface area contributed by atoms with Crippen LogP contribution in [0.15, 0.2) is 42.5 Å². The van der Waals surface area contributed by atoms with Crippen LogP contribution in [0.3, 0.4) is 0 Å². The Hall–Kier alpha value is -2.00. The number of carbonyl (C=O) groups excluding carboxylic acids is 2. The molecule has 11 heteroatoms. The molecule has 1 saturated carbocycles. The maximum absolute atomic E-state index is 13.6. The van der Waals surface area contributed by atoms with Gasteiger partial charge in [-0.05, 0) is 55.5 Å². The number of nitrogens with one attached hydrogen (secondary N) is 1. The molecular formula is C28H36Cl3N3O4S. The van der Waals surface area contributed by atoms with Gasteiger partial charge in [-0.3, -0.25) is 13.9 Å². The lowest BCUT2D eigenvalue weighted by atomic mass is 9.95. The molecule has 3 rings (SSSR count). The van der Waals surface area contributed by atoms with E-state index in [0.717, 1.165) is 41.8 Å². The van der Waals surface area contributed by atoms with Crippen molar-refractivity contribution in [3.8, 4) is 0 Å². The Morgan fingerprint density at radius 1 is 1.03 bits per heavy atom. The van der Waals surface area contributed by atoms with Gasteiger partial charge in [0, 0.05) is 35.6 Å². The zero-order valence-electron chi connectivity index (χ0n) is 22.3. The van der Waals surface area contributed by atoms with Crippen LogP contribution in [0.25, 0.3) is 0 Å². The van der Waals surface area contributed by atoms with E-state index in [1.165, 1.54) is 18.6 Å². The zero-order chi connectivity index (χ0) is 28.6. The molecule has 0 heterocycles. The zero-order valence-corrected chi connectivity index (χ0v) is 25.4. The summed E-state index contributed by atoms with van der Waals surface area (Å²) < 4.78 is 26.3. The fourth-order valence-corrected chi connectivity index (χ4v) is 6.53. The van der Waals surface area contributed by atoms with Gasteiger partial charge < -0.3 is 10.2 Å². The van der Waals surface area contributed by atoms with E-state index in [4.69, 9.17) is 34.8 Å². The van der Waals surface area contributed by atoms with Gasteiger partial charge in [-0.25, -0.2) is 8.42 Å². The third-order valence-corrected chi connectivity index (χ3v) is 9.07. The number of nitrogens with zero attached hydrogens (tertiary/aromatic N) is 2. The lowest BCUT2D eigenvalue weighted by Crippen LogP contribution is -2.51. The summed E-state index contributed by atoms with van der Waals surface area (Å²) in [5, 5.41) is 4.25. The molecule has 2 aromatic rings. The standard InChI is InChI=1S/C28H36Cl3N3O4S/c1-3-25(28(36)32-22-11-5-4-6-12-22)33(19-20-10-7-8-13-23(20)30)27(35)14-9-17-34(39(2,37)38)26-18-21(29)15-16-24(26)31/h7-8,10,13,15-16,18,22,25H,3-6,9,11-12,14,17,19H2,1-2H3,(H,32,36)/t25-/m1/s1. The molecule has 0 aromatic heterocycles. The number of benzene rings is 2. The van der Waals surface area contributed by atoms with Crippen LogP contribution in [0, 0.1) is 0 Å². The van der Waals surface area contributed by atoms with Crippen LogP contribution < -0.4 is 9.62 Å². The number of hydrogen-bond donors (Lipinski definition) is 1. The molecule has 7 nitrogen and oxygen atoms in total. The summed E-state index contributed by atoms with van der Waals surface area (Å²) in [6.07, 6.45) is 6.97. The van der Waals surface area contributed by atoms with E-state index in [0.29, 0.717) is 16.5 Å². The Kier molecular flexibility index (Phi) is 11.8. The van der Waals surface area contributed by atoms with Crippen molar-refractivity contribution in [3.63, 3.8) is 0 Å². The molecule has 0 spiro atoms. The van der Waals surface area contributed by atoms with E-state index < -0.39 is 16.1 Å². The molecule has 1 aliphatic rings. The number of sulfonamides is 1. The van der Waals surface area contributed by atoms with Crippen molar-refractivity contribution in [3.05, 3.63) is 63.1 Å². The van der Waals surface area contributed by atoms with Gasteiger partial charge in [-0.2, -0.15) is 0 Å². The normalized spacial score (nSPS) is 15.0. The minimum absolute atomic E-state index is 0.0234. The topological polar surface area (TPSA) is 86.8 Å². The summed E-state index contributed by atoms with van der Waals surface area (Å²) in [4.78, 5) is 28.6. The lowest BCUT2D eigenvalue weighted by molar-refractivity contribution is -0.141. The first-order valence-corrected chi connectivity index (χ1v) is 16.3. The van der Waals surface area contributed by atoms with Gasteiger partial charge in [-0.15, -0.1) is 0 Å². The van der Waals surface area contributed by atoms with E-state index in [1.54, 1.807) is 17.0 Å². The lowest BCUT2D eigenvalue weighted by Gasteiger charge is -2.33. The van der Waals surface area contributed by atoms with E-state index in [1.807, 2.05) is 25.1 Å². The number of carbonyl (C=O) groups is 2. The van der Waals surface area contributed by atoms with Crippen molar-refractivity contribution in [1.82, 2.24) is 10.2 Å². The summed E-state index contributed by atoms with van der Waals surface area (Å²) in [6, 6.07) is 11.3. The highest BCUT2D eigenvalue weighted by atomic mass is 35.5. The van der Waals surface area contributed by atoms with Gasteiger partial charge in [-0.1, -0.05) is 79.2 Å². The van der Waals surface area contributed by atoms with Crippen LogP contribution in [0.5, 0.6) is 0 Å². The molecule has 214 valence electrons. The van der Waals surface area contributed by atoms with Crippen molar-refractivity contribution in [1.29, 1.82) is 0 Å². The maximum atomic E-state index is 13.6. The fraction of sp³-hybridized carbons (Fsp3) is 0.500. The van der Waals surface area contributed by atoms with E-state index >= 15 is 0 Å². The number of rotatable bonds is 12. The molecule has 2 amide bonds. The summed E-state index contributed by atoms with van der Waals surface area (Å²) in [6.45, 7) is 2.07. The first kappa shape index (κ1) is 31.5. The third kappa shape index (κ3) is 9.00. The molecule has 2 aromatic carbocycles. The SMILES string of the molecule is CC[C@H](C(=O)NC1CCCCC1)N(Cc1ccccc1Cl)C(=O)CCCN(c1cc(Cl)ccc1Cl)S(C)(=O)=O. The predicted molar refractivity (Wildman–Crippen MR) is 159 cm³/mol. The summed E-state index contributed by atoms with van der Waals surface area (Å²) in [7, 11) is -3.70. The smallest absolute Gasteiger partial charge is 0.243 e. The van der Waals surface area contributed by atoms with Gasteiger partial charge in [0.15, 0.2) is 0 Å². The summed E-state index contributed by atoms with van der Waals surface area (Å²) in [5.74, 6) is -0.431. The molecule has 1 aliphatic carbocycles. The van der Waals surface area contributed by atoms with Crippen LogP contribution >= 0.6 is 34.8 Å². The highest BCUT2D eigenvalue weighted by molar-refractivity contribution is 7.92. The van der Waals surface area contributed by atoms with Crippen LogP contribution in [0.4, 0.5) is 5.69 Å². The second kappa shape index (κ2) is 14.6. The quantitative estimate of drug-likeness (QED) is 0.297. The molecule has 1 fully saturated rings. The van der Waals surface area contributed by atoms with Crippen molar-refractivity contribution in [2.24, 2.45) is 0 Å². The number of anilines is 1. The Bertz CT molecular complexity index is 1250. The highest BCUT2D eigenvalue weighted by Gasteiger charge is 2.31. The molecule has 1 N–H and O–H groups in total. The molecule has 1 atom stereocenters. The second-order valence-electron chi connectivity index (χ2n) is 9.92. The van der Waals surface area contributed by atoms with Gasteiger partial charge in [0.1, 0.15) is 6.04 Å². The second-order valence-corrected chi connectivity index (χ2v) is 13.1. The third-order valence-electron chi connectivity index (χ3n) is 6.97. The minimum Gasteiger partial charge on any atom is -0.352 e. The van der Waals surface area contributed by atoms with Crippen molar-refractivity contribution in [2.45, 2.75) is 76.9 Å². The Morgan fingerprint density at radius 2 is 1.72 bits per heavy atom. The largest absolute Gasteiger partial charge is 0.352 e. The van der Waals surface area contributed by atoms with Crippen LogP contribution in [-0.4, -0.2) is 50.0 Å². The molecule has 0 bridgehead atoms. The average Bonchev–Trinajstić information content (AvgIpc) is 2.89.